The molecule has 19 nitrogen and oxygen atoms in total. The first kappa shape index (κ1) is 54.4. The Bertz CT molecular complexity index is 1630. The molecule has 6 atom stereocenters. The van der Waals surface area contributed by atoms with Crippen molar-refractivity contribution >= 4 is 61.8 Å². The van der Waals surface area contributed by atoms with Crippen LogP contribution in [-0.4, -0.2) is 171 Å². The Labute approximate surface area is 364 Å². The van der Waals surface area contributed by atoms with Gasteiger partial charge in [0.1, 0.15) is 30.0 Å². The molecule has 1 heterocycles. The largest absolute Gasteiger partial charge is 0.412 e. The summed E-state index contributed by atoms with van der Waals surface area (Å²) in [6.07, 6.45) is 0.350. The SMILES string of the molecule is CC[C@@H](C(=O)N(C)[C@H](C)C(=O)N(C)[C@@H](CC(C)C)C(=O)N[C@H](C(=O)N(C)C(=O)NC(=O)NC(=O)NC)C(C)C)N(C(C)=O)[C@H](CC1=NCCN1C)[C@H](C)O[Si](C)(C)C(C)(C)C. The maximum absolute atomic E-state index is 14.6. The van der Waals surface area contributed by atoms with Gasteiger partial charge in [-0.25, -0.2) is 14.4 Å². The van der Waals surface area contributed by atoms with Crippen molar-refractivity contribution in [3.63, 3.8) is 0 Å². The topological polar surface area (TPSA) is 222 Å². The second kappa shape index (κ2) is 23.0. The number of amides is 11. The fourth-order valence-corrected chi connectivity index (χ4v) is 8.19. The molecular weight excluding hydrogens is 805 g/mol. The summed E-state index contributed by atoms with van der Waals surface area (Å²) in [4.78, 5) is 118. The lowest BCUT2D eigenvalue weighted by atomic mass is 9.98. The Kier molecular flexibility index (Phi) is 20.5. The van der Waals surface area contributed by atoms with Gasteiger partial charge in [-0.05, 0) is 56.7 Å². The molecule has 0 unspecified atom stereocenters. The predicted octanol–water partition coefficient (Wildman–Crippen LogP) is 3.20. The van der Waals surface area contributed by atoms with Crippen LogP contribution in [-0.2, 0) is 28.4 Å². The highest BCUT2D eigenvalue weighted by atomic mass is 28.4. The number of carbonyl (C=O) groups is 8. The van der Waals surface area contributed by atoms with Crippen molar-refractivity contribution < 1.29 is 42.8 Å². The van der Waals surface area contributed by atoms with Crippen LogP contribution in [0.3, 0.4) is 0 Å². The molecule has 1 aliphatic heterocycles. The third-order valence-corrected chi connectivity index (χ3v) is 16.3. The van der Waals surface area contributed by atoms with Gasteiger partial charge in [-0.3, -0.25) is 44.5 Å². The molecule has 0 aromatic carbocycles. The van der Waals surface area contributed by atoms with Crippen LogP contribution in [0.2, 0.25) is 18.1 Å². The maximum atomic E-state index is 14.6. The van der Waals surface area contributed by atoms with E-state index in [0.29, 0.717) is 17.9 Å². The Hall–Kier alpha value is -4.59. The molecule has 11 amide bonds. The molecule has 20 heteroatoms. The van der Waals surface area contributed by atoms with E-state index in [0.717, 1.165) is 19.4 Å². The molecule has 348 valence electrons. The maximum Gasteiger partial charge on any atom is 0.331 e. The van der Waals surface area contributed by atoms with Gasteiger partial charge in [0.15, 0.2) is 8.32 Å². The van der Waals surface area contributed by atoms with Gasteiger partial charge >= 0.3 is 18.1 Å². The third kappa shape index (κ3) is 14.8. The van der Waals surface area contributed by atoms with E-state index in [1.807, 2.05) is 50.3 Å². The lowest BCUT2D eigenvalue weighted by Gasteiger charge is -2.45. The summed E-state index contributed by atoms with van der Waals surface area (Å²) < 4.78 is 6.86. The van der Waals surface area contributed by atoms with Crippen LogP contribution in [0.25, 0.3) is 0 Å². The van der Waals surface area contributed by atoms with E-state index in [1.54, 1.807) is 25.7 Å². The Balaban J connectivity index is 3.47. The number of urea groups is 3. The Morgan fingerprint density at radius 2 is 1.43 bits per heavy atom. The van der Waals surface area contributed by atoms with Gasteiger partial charge in [-0.15, -0.1) is 0 Å². The predicted molar refractivity (Wildman–Crippen MR) is 237 cm³/mol. The quantitative estimate of drug-likeness (QED) is 0.147. The van der Waals surface area contributed by atoms with E-state index < -0.39 is 92.3 Å². The zero-order valence-corrected chi connectivity index (χ0v) is 41.0. The number of imide groups is 3. The van der Waals surface area contributed by atoms with Gasteiger partial charge in [0, 0.05) is 55.1 Å². The summed E-state index contributed by atoms with van der Waals surface area (Å²) in [7, 11) is 4.95. The molecule has 0 radical (unpaired) electrons. The lowest BCUT2D eigenvalue weighted by Crippen LogP contribution is -2.61. The molecule has 0 spiro atoms. The number of aliphatic imine (C=N–C) groups is 1. The van der Waals surface area contributed by atoms with Crippen molar-refractivity contribution in [3.8, 4) is 0 Å². The standard InChI is InChI=1S/C41H76N10O9Si/c1-19-29(51(28(8)52)30(23-32-43-20-21-47(32)13)27(7)60-61(17,18)41(9,10)11)36(55)48(14)26(6)35(54)49(15)31(22-24(2)3)34(53)44-33(25(4)5)37(56)50(16)40(59)46-39(58)45-38(57)42-12/h24-27,29-31,33H,19-23H2,1-18H3,(H,44,53)(H3,42,45,46,57,58,59)/t26-,27+,29+,30-,31+,33+/m1/s1. The number of carbonyl (C=O) groups excluding carboxylic acids is 8. The van der Waals surface area contributed by atoms with E-state index in [4.69, 9.17) is 9.42 Å². The average molecular weight is 881 g/mol. The number of hydrogen-bond acceptors (Lipinski definition) is 11. The van der Waals surface area contributed by atoms with Gasteiger partial charge in [-0.1, -0.05) is 55.4 Å². The minimum absolute atomic E-state index is 0.0919. The minimum Gasteiger partial charge on any atom is -0.412 e. The second-order valence-corrected chi connectivity index (χ2v) is 23.0. The van der Waals surface area contributed by atoms with Gasteiger partial charge in [-0.2, -0.15) is 0 Å². The summed E-state index contributed by atoms with van der Waals surface area (Å²) in [5, 5.41) is 8.48. The van der Waals surface area contributed by atoms with E-state index in [-0.39, 0.29) is 29.7 Å². The zero-order valence-electron chi connectivity index (χ0n) is 40.0. The molecular formula is C41H76N10O9Si. The zero-order chi connectivity index (χ0) is 47.5. The van der Waals surface area contributed by atoms with Crippen LogP contribution in [0.15, 0.2) is 4.99 Å². The van der Waals surface area contributed by atoms with Crippen LogP contribution >= 0.6 is 0 Å². The monoisotopic (exact) mass is 881 g/mol. The Morgan fingerprint density at radius 3 is 1.87 bits per heavy atom. The van der Waals surface area contributed by atoms with E-state index in [2.05, 4.69) is 44.5 Å². The number of hydrogen-bond donors (Lipinski definition) is 4. The van der Waals surface area contributed by atoms with Crippen LogP contribution in [0, 0.1) is 11.8 Å². The molecule has 0 aromatic heterocycles. The van der Waals surface area contributed by atoms with Crippen LogP contribution in [0.1, 0.15) is 95.4 Å². The van der Waals surface area contributed by atoms with Crippen molar-refractivity contribution in [1.82, 2.24) is 45.8 Å². The van der Waals surface area contributed by atoms with Crippen molar-refractivity contribution in [2.75, 3.05) is 48.3 Å². The third-order valence-electron chi connectivity index (χ3n) is 11.8. The highest BCUT2D eigenvalue weighted by Crippen LogP contribution is 2.38. The summed E-state index contributed by atoms with van der Waals surface area (Å²) in [5.41, 5.74) is 0. The molecule has 0 saturated carbocycles. The fraction of sp³-hybridized carbons (Fsp3) is 0.780. The fourth-order valence-electron chi connectivity index (χ4n) is 6.75. The van der Waals surface area contributed by atoms with Crippen molar-refractivity contribution in [3.05, 3.63) is 0 Å². The summed E-state index contributed by atoms with van der Waals surface area (Å²) in [5.74, 6) is -2.66. The second-order valence-electron chi connectivity index (χ2n) is 18.2. The highest BCUT2D eigenvalue weighted by Gasteiger charge is 2.45. The number of rotatable bonds is 18. The average Bonchev–Trinajstić information content (AvgIpc) is 3.57. The smallest absolute Gasteiger partial charge is 0.331 e. The molecule has 1 aliphatic rings. The lowest BCUT2D eigenvalue weighted by molar-refractivity contribution is -0.154. The summed E-state index contributed by atoms with van der Waals surface area (Å²) in [6.45, 7) is 25.9. The number of likely N-dealkylation sites (N-methyl/N-ethyl adjacent to an activating group) is 4. The van der Waals surface area contributed by atoms with Crippen molar-refractivity contribution in [2.45, 2.75) is 150 Å². The van der Waals surface area contributed by atoms with Gasteiger partial charge in [0.25, 0.3) is 5.91 Å². The van der Waals surface area contributed by atoms with E-state index in [9.17, 15) is 38.4 Å². The number of nitrogens with one attached hydrogen (secondary N) is 4. The van der Waals surface area contributed by atoms with Gasteiger partial charge in [0.2, 0.25) is 23.6 Å². The van der Waals surface area contributed by atoms with Crippen molar-refractivity contribution in [1.29, 1.82) is 0 Å². The first-order valence-electron chi connectivity index (χ1n) is 21.1. The summed E-state index contributed by atoms with van der Waals surface area (Å²) in [6, 6.07) is -8.12. The summed E-state index contributed by atoms with van der Waals surface area (Å²) >= 11 is 0. The van der Waals surface area contributed by atoms with Gasteiger partial charge < -0.3 is 34.7 Å². The molecule has 61 heavy (non-hydrogen) atoms. The molecule has 0 fully saturated rings. The van der Waals surface area contributed by atoms with Crippen LogP contribution < -0.4 is 21.3 Å². The minimum atomic E-state index is -2.34. The van der Waals surface area contributed by atoms with E-state index >= 15 is 0 Å². The highest BCUT2D eigenvalue weighted by molar-refractivity contribution is 6.74. The van der Waals surface area contributed by atoms with Crippen LogP contribution in [0.5, 0.6) is 0 Å². The Morgan fingerprint density at radius 1 is 0.852 bits per heavy atom. The molecule has 0 aromatic rings. The number of nitrogens with zero attached hydrogens (tertiary/aromatic N) is 6. The molecule has 4 N–H and O–H groups in total. The molecule has 0 saturated heterocycles. The normalized spacial score (nSPS) is 16.0. The van der Waals surface area contributed by atoms with Gasteiger partial charge in [0.05, 0.1) is 18.7 Å². The molecule has 0 bridgehead atoms. The molecule has 0 aliphatic carbocycles. The molecule has 1 rings (SSSR count). The van der Waals surface area contributed by atoms with E-state index in [1.165, 1.54) is 37.9 Å². The van der Waals surface area contributed by atoms with Crippen molar-refractivity contribution in [2.24, 2.45) is 16.8 Å². The van der Waals surface area contributed by atoms with Crippen LogP contribution in [0.4, 0.5) is 14.4 Å². The number of amidine groups is 1. The first-order chi connectivity index (χ1) is 27.9. The first-order valence-corrected chi connectivity index (χ1v) is 24.0.